The van der Waals surface area contributed by atoms with Gasteiger partial charge in [0.25, 0.3) is 0 Å². The molecule has 0 N–H and O–H groups in total. The summed E-state index contributed by atoms with van der Waals surface area (Å²) in [4.78, 5) is 0. The predicted molar refractivity (Wildman–Crippen MR) is 53.0 cm³/mol. The number of benzene rings is 1. The van der Waals surface area contributed by atoms with E-state index in [1.807, 2.05) is 9.24 Å². The van der Waals surface area contributed by atoms with E-state index in [2.05, 4.69) is 30.1 Å². The van der Waals surface area contributed by atoms with Crippen LogP contribution in [0.3, 0.4) is 0 Å². The molecule has 0 aliphatic heterocycles. The van der Waals surface area contributed by atoms with Crippen LogP contribution in [-0.2, 0) is 0 Å². The molecule has 10 heavy (non-hydrogen) atoms. The summed E-state index contributed by atoms with van der Waals surface area (Å²) in [6, 6.07) is 8.53. The SMILES string of the molecule is [PH3+]c1[c-][pH]c2ccccc12. The molecule has 0 aliphatic rings. The van der Waals surface area contributed by atoms with E-state index in [1.54, 1.807) is 0 Å². The third-order valence-electron chi connectivity index (χ3n) is 1.60. The molecule has 0 fully saturated rings. The fourth-order valence-electron chi connectivity index (χ4n) is 1.07. The van der Waals surface area contributed by atoms with Gasteiger partial charge in [0.2, 0.25) is 0 Å². The molecule has 1 heterocycles. The molecule has 1 aromatic carbocycles. The van der Waals surface area contributed by atoms with E-state index in [9.17, 15) is 0 Å². The first-order valence-corrected chi connectivity index (χ1v) is 4.89. The number of hydrogen-bond acceptors (Lipinski definition) is 0. The van der Waals surface area contributed by atoms with E-state index in [0.29, 0.717) is 0 Å². The van der Waals surface area contributed by atoms with Crippen molar-refractivity contribution in [3.8, 4) is 0 Å². The normalized spacial score (nSPS) is 11.6. The Kier molecular flexibility index (Phi) is 1.52. The monoisotopic (exact) mass is 166 g/mol. The second-order valence-electron chi connectivity index (χ2n) is 2.27. The van der Waals surface area contributed by atoms with Crippen LogP contribution >= 0.6 is 17.4 Å². The quantitative estimate of drug-likeness (QED) is 0.414. The molecule has 0 bridgehead atoms. The summed E-state index contributed by atoms with van der Waals surface area (Å²) in [5, 5.41) is 4.20. The third-order valence-corrected chi connectivity index (χ3v) is 3.64. The Bertz CT molecular complexity index is 349. The zero-order chi connectivity index (χ0) is 6.97. The largest absolute Gasteiger partial charge is 0.260 e. The summed E-state index contributed by atoms with van der Waals surface area (Å²) < 4.78 is 0. The lowest BCUT2D eigenvalue weighted by molar-refractivity contribution is 1.87. The molecule has 0 spiro atoms. The van der Waals surface area contributed by atoms with Gasteiger partial charge in [0.15, 0.2) is 0 Å². The van der Waals surface area contributed by atoms with Crippen LogP contribution < -0.4 is 5.30 Å². The van der Waals surface area contributed by atoms with Crippen molar-refractivity contribution in [3.63, 3.8) is 0 Å². The van der Waals surface area contributed by atoms with E-state index in [4.69, 9.17) is 0 Å². The van der Waals surface area contributed by atoms with E-state index in [1.165, 1.54) is 15.8 Å². The molecule has 0 saturated heterocycles. The highest BCUT2D eigenvalue weighted by atomic mass is 31.0. The molecule has 2 atom stereocenters. The van der Waals surface area contributed by atoms with Gasteiger partial charge >= 0.3 is 0 Å². The van der Waals surface area contributed by atoms with Gasteiger partial charge in [-0.05, 0) is 14.5 Å². The minimum atomic E-state index is 0.780. The molecular weight excluding hydrogens is 158 g/mol. The van der Waals surface area contributed by atoms with Crippen LogP contribution in [-0.4, -0.2) is 0 Å². The van der Waals surface area contributed by atoms with Crippen molar-refractivity contribution < 1.29 is 0 Å². The zero-order valence-electron chi connectivity index (χ0n) is 5.52. The maximum atomic E-state index is 3.34. The second-order valence-corrected chi connectivity index (χ2v) is 4.02. The number of fused-ring (bicyclic) bond motifs is 1. The summed E-state index contributed by atoms with van der Waals surface area (Å²) >= 11 is 0. The Hall–Kier alpha value is -0.310. The zero-order valence-corrected chi connectivity index (χ0v) is 7.93. The number of rotatable bonds is 0. The summed E-state index contributed by atoms with van der Waals surface area (Å²) in [5.74, 6) is 3.34. The van der Waals surface area contributed by atoms with Crippen LogP contribution in [0.1, 0.15) is 0 Å². The van der Waals surface area contributed by atoms with Crippen molar-refractivity contribution in [2.45, 2.75) is 0 Å². The van der Waals surface area contributed by atoms with Crippen molar-refractivity contribution in [3.05, 3.63) is 30.1 Å². The first-order chi connectivity index (χ1) is 4.88. The second kappa shape index (κ2) is 2.38. The molecule has 2 aromatic rings. The topological polar surface area (TPSA) is 0 Å². The first kappa shape index (κ1) is 6.40. The molecule has 0 aliphatic carbocycles. The molecule has 0 saturated carbocycles. The van der Waals surface area contributed by atoms with Crippen molar-refractivity contribution in [1.82, 2.24) is 0 Å². The van der Waals surface area contributed by atoms with Gasteiger partial charge in [0, 0.05) is 0 Å². The maximum Gasteiger partial charge on any atom is -0.0196 e. The van der Waals surface area contributed by atoms with Gasteiger partial charge < -0.3 is 0 Å². The van der Waals surface area contributed by atoms with Crippen molar-refractivity contribution in [2.75, 3.05) is 0 Å². The lowest BCUT2D eigenvalue weighted by Crippen LogP contribution is -1.81. The predicted octanol–water partition coefficient (Wildman–Crippen LogP) is 1.90. The molecule has 2 unspecified atom stereocenters. The Morgan fingerprint density at radius 1 is 1.30 bits per heavy atom. The van der Waals surface area contributed by atoms with Gasteiger partial charge in [-0.2, -0.15) is 0 Å². The van der Waals surface area contributed by atoms with E-state index in [-0.39, 0.29) is 0 Å². The van der Waals surface area contributed by atoms with Crippen LogP contribution in [0.25, 0.3) is 10.5 Å². The van der Waals surface area contributed by atoms with Gasteiger partial charge in [-0.1, -0.05) is 12.1 Å². The molecular formula is C8H8P2. The van der Waals surface area contributed by atoms with Crippen molar-refractivity contribution in [2.24, 2.45) is 0 Å². The maximum absolute atomic E-state index is 3.34. The minimum absolute atomic E-state index is 0.780. The standard InChI is InChI=1S/C8H7P2/c9-7-5-10-8-4-2-1-3-6(7)8/h1-4,10H,9H2/q-1/p+1. The number of hydrogen-bond donors (Lipinski definition) is 0. The van der Waals surface area contributed by atoms with Gasteiger partial charge in [-0.15, -0.1) is 28.4 Å². The Morgan fingerprint density at radius 3 is 2.90 bits per heavy atom. The lowest BCUT2D eigenvalue weighted by Gasteiger charge is -1.95. The fourth-order valence-corrected chi connectivity index (χ4v) is 2.78. The summed E-state index contributed by atoms with van der Waals surface area (Å²) in [7, 11) is 2.71. The van der Waals surface area contributed by atoms with Crippen molar-refractivity contribution >= 4 is 33.2 Å². The summed E-state index contributed by atoms with van der Waals surface area (Å²) in [6.45, 7) is 0. The molecule has 0 amide bonds. The fraction of sp³-hybridized carbons (Fsp3) is 0. The molecule has 0 nitrogen and oxygen atoms in total. The highest BCUT2D eigenvalue weighted by molar-refractivity contribution is 7.40. The van der Waals surface area contributed by atoms with Crippen LogP contribution in [0.5, 0.6) is 0 Å². The van der Waals surface area contributed by atoms with Gasteiger partial charge in [-0.25, -0.2) is 0 Å². The van der Waals surface area contributed by atoms with E-state index >= 15 is 0 Å². The Morgan fingerprint density at radius 2 is 2.10 bits per heavy atom. The van der Waals surface area contributed by atoms with Crippen LogP contribution in [0.2, 0.25) is 0 Å². The van der Waals surface area contributed by atoms with Gasteiger partial charge in [0.1, 0.15) is 0 Å². The third kappa shape index (κ3) is 0.888. The summed E-state index contributed by atoms with van der Waals surface area (Å²) in [6.07, 6.45) is 0. The first-order valence-electron chi connectivity index (χ1n) is 3.18. The van der Waals surface area contributed by atoms with Gasteiger partial charge in [0.05, 0.1) is 0 Å². The van der Waals surface area contributed by atoms with Crippen LogP contribution in [0.4, 0.5) is 0 Å². The summed E-state index contributed by atoms with van der Waals surface area (Å²) in [5.41, 5.74) is 0. The Labute approximate surface area is 63.9 Å². The highest BCUT2D eigenvalue weighted by Crippen LogP contribution is 2.23. The molecule has 2 heteroatoms. The average Bonchev–Trinajstić information content (AvgIpc) is 2.34. The molecule has 0 radical (unpaired) electrons. The van der Waals surface area contributed by atoms with E-state index in [0.717, 1.165) is 8.19 Å². The molecule has 2 rings (SSSR count). The van der Waals surface area contributed by atoms with Crippen molar-refractivity contribution in [1.29, 1.82) is 0 Å². The lowest BCUT2D eigenvalue weighted by atomic mass is 10.3. The molecule has 1 aromatic heterocycles. The molecule has 50 valence electrons. The van der Waals surface area contributed by atoms with Crippen LogP contribution in [0, 0.1) is 5.80 Å². The smallest absolute Gasteiger partial charge is 0.0196 e. The minimum Gasteiger partial charge on any atom is -0.260 e. The average molecular weight is 166 g/mol. The van der Waals surface area contributed by atoms with Gasteiger partial charge in [-0.3, -0.25) is 8.19 Å². The van der Waals surface area contributed by atoms with Crippen LogP contribution in [0.15, 0.2) is 24.3 Å². The highest BCUT2D eigenvalue weighted by Gasteiger charge is 1.87. The Balaban J connectivity index is 2.93. The van der Waals surface area contributed by atoms with E-state index < -0.39 is 0 Å².